The number of piperazine rings is 1. The zero-order valence-electron chi connectivity index (χ0n) is 20.0. The summed E-state index contributed by atoms with van der Waals surface area (Å²) in [6, 6.07) is 13.8. The molecule has 0 unspecified atom stereocenters. The van der Waals surface area contributed by atoms with Crippen molar-refractivity contribution in [1.29, 1.82) is 5.26 Å². The highest BCUT2D eigenvalue weighted by molar-refractivity contribution is 7.16. The number of pyridine rings is 2. The number of aryl methyl sites for hydroxylation is 2. The molecule has 4 heterocycles. The summed E-state index contributed by atoms with van der Waals surface area (Å²) >= 11 is 1.64. The topological polar surface area (TPSA) is 78.0 Å². The molecule has 1 aromatic carbocycles. The Balaban J connectivity index is 1.53. The molecule has 1 saturated heterocycles. The van der Waals surface area contributed by atoms with Gasteiger partial charge < -0.3 is 14.4 Å². The predicted molar refractivity (Wildman–Crippen MR) is 138 cm³/mol. The Labute approximate surface area is 206 Å². The van der Waals surface area contributed by atoms with Crippen molar-refractivity contribution >= 4 is 33.1 Å². The normalized spacial score (nSPS) is 18.2. The monoisotopic (exact) mass is 488 g/mol. The number of anilines is 2. The van der Waals surface area contributed by atoms with Crippen molar-refractivity contribution in [2.45, 2.75) is 32.9 Å². The van der Waals surface area contributed by atoms with E-state index in [0.717, 1.165) is 27.0 Å². The average molecular weight is 489 g/mol. The summed E-state index contributed by atoms with van der Waals surface area (Å²) in [5.41, 5.74) is 4.06. The van der Waals surface area contributed by atoms with E-state index in [-0.39, 0.29) is 23.5 Å². The summed E-state index contributed by atoms with van der Waals surface area (Å²) in [7, 11) is 1.72. The lowest BCUT2D eigenvalue weighted by molar-refractivity contribution is 0.484. The van der Waals surface area contributed by atoms with Crippen molar-refractivity contribution < 1.29 is 4.39 Å². The molecule has 0 N–H and O–H groups in total. The SMILES string of the molecule is Cc1nc(-c2ccc(F)cc2)c(N2C[C@H](C)N(c3cc(=O)n(C)c4ccc(C#N)nc34)C[C@H]2C)s1. The molecule has 9 heteroatoms. The second-order valence-corrected chi connectivity index (χ2v) is 10.2. The van der Waals surface area contributed by atoms with Crippen molar-refractivity contribution in [3.05, 3.63) is 69.3 Å². The number of benzene rings is 1. The van der Waals surface area contributed by atoms with Gasteiger partial charge in [0, 0.05) is 43.9 Å². The fraction of sp³-hybridized carbons (Fsp3) is 0.308. The van der Waals surface area contributed by atoms with Crippen molar-refractivity contribution in [2.75, 3.05) is 22.9 Å². The van der Waals surface area contributed by atoms with Gasteiger partial charge in [-0.1, -0.05) is 0 Å². The highest BCUT2D eigenvalue weighted by Crippen LogP contribution is 2.39. The predicted octanol–water partition coefficient (Wildman–Crippen LogP) is 4.48. The molecule has 0 aliphatic carbocycles. The number of aromatic nitrogens is 3. The molecule has 0 spiro atoms. The zero-order chi connectivity index (χ0) is 24.9. The Kier molecular flexibility index (Phi) is 5.77. The number of hydrogen-bond donors (Lipinski definition) is 0. The molecule has 178 valence electrons. The summed E-state index contributed by atoms with van der Waals surface area (Å²) in [5.74, 6) is -0.271. The van der Waals surface area contributed by atoms with Gasteiger partial charge in [0.2, 0.25) is 0 Å². The van der Waals surface area contributed by atoms with Crippen molar-refractivity contribution in [3.63, 3.8) is 0 Å². The van der Waals surface area contributed by atoms with Crippen LogP contribution in [0, 0.1) is 24.1 Å². The molecule has 0 bridgehead atoms. The molecule has 0 saturated carbocycles. The molecule has 5 rings (SSSR count). The van der Waals surface area contributed by atoms with E-state index in [9.17, 15) is 14.4 Å². The molecule has 2 atom stereocenters. The molecular weight excluding hydrogens is 463 g/mol. The molecule has 0 amide bonds. The van der Waals surface area contributed by atoms with Gasteiger partial charge in [0.15, 0.2) is 0 Å². The Morgan fingerprint density at radius 2 is 1.74 bits per heavy atom. The zero-order valence-corrected chi connectivity index (χ0v) is 20.8. The minimum Gasteiger partial charge on any atom is -0.363 e. The first kappa shape index (κ1) is 23.0. The van der Waals surface area contributed by atoms with Crippen molar-refractivity contribution in [1.82, 2.24) is 14.5 Å². The first-order chi connectivity index (χ1) is 16.8. The minimum atomic E-state index is -0.271. The third-order valence-corrected chi connectivity index (χ3v) is 7.58. The van der Waals surface area contributed by atoms with E-state index in [1.165, 1.54) is 12.1 Å². The number of nitriles is 1. The fourth-order valence-corrected chi connectivity index (χ4v) is 5.79. The lowest BCUT2D eigenvalue weighted by atomic mass is 10.1. The van der Waals surface area contributed by atoms with E-state index in [1.807, 2.05) is 6.92 Å². The van der Waals surface area contributed by atoms with Crippen LogP contribution in [0.4, 0.5) is 15.1 Å². The van der Waals surface area contributed by atoms with Crippen LogP contribution in [0.15, 0.2) is 47.3 Å². The van der Waals surface area contributed by atoms with Gasteiger partial charge in [-0.15, -0.1) is 11.3 Å². The molecule has 1 fully saturated rings. The Bertz CT molecular complexity index is 1520. The van der Waals surface area contributed by atoms with Crippen LogP contribution in [0.5, 0.6) is 0 Å². The molecule has 4 aromatic rings. The molecular formula is C26H25FN6OS. The number of rotatable bonds is 3. The third-order valence-electron chi connectivity index (χ3n) is 6.57. The summed E-state index contributed by atoms with van der Waals surface area (Å²) in [4.78, 5) is 26.6. The quantitative estimate of drug-likeness (QED) is 0.423. The van der Waals surface area contributed by atoms with Gasteiger partial charge in [-0.2, -0.15) is 5.26 Å². The standard InChI is InChI=1S/C26H25FN6OS/c1-15-14-33(26-24(29-17(3)35-26)18-5-7-19(27)8-6-18)16(2)13-32(15)22-11-23(34)31(4)21-10-9-20(12-28)30-25(21)22/h5-11,15-16H,13-14H2,1-4H3/t15-,16+/m0/s1. The Morgan fingerprint density at radius 1 is 1.06 bits per heavy atom. The van der Waals surface area contributed by atoms with Crippen LogP contribution in [-0.2, 0) is 7.05 Å². The summed E-state index contributed by atoms with van der Waals surface area (Å²) in [5, 5.41) is 11.4. The average Bonchev–Trinajstić information content (AvgIpc) is 3.24. The van der Waals surface area contributed by atoms with Gasteiger partial charge in [-0.3, -0.25) is 4.79 Å². The molecule has 35 heavy (non-hydrogen) atoms. The van der Waals surface area contributed by atoms with Gasteiger partial charge in [0.05, 0.1) is 16.2 Å². The number of nitrogens with zero attached hydrogens (tertiary/aromatic N) is 6. The Morgan fingerprint density at radius 3 is 2.46 bits per heavy atom. The lowest BCUT2D eigenvalue weighted by Crippen LogP contribution is -2.57. The molecule has 1 aliphatic heterocycles. The van der Waals surface area contributed by atoms with Gasteiger partial charge >= 0.3 is 0 Å². The lowest BCUT2D eigenvalue weighted by Gasteiger charge is -2.46. The van der Waals surface area contributed by atoms with Crippen LogP contribution in [-0.4, -0.2) is 39.7 Å². The van der Waals surface area contributed by atoms with E-state index >= 15 is 0 Å². The maximum absolute atomic E-state index is 13.5. The van der Waals surface area contributed by atoms with E-state index in [0.29, 0.717) is 29.8 Å². The summed E-state index contributed by atoms with van der Waals surface area (Å²) < 4.78 is 15.1. The van der Waals surface area contributed by atoms with Crippen LogP contribution in [0.1, 0.15) is 24.5 Å². The summed E-state index contributed by atoms with van der Waals surface area (Å²) in [6.07, 6.45) is 0. The van der Waals surface area contributed by atoms with E-state index in [4.69, 9.17) is 4.98 Å². The molecule has 3 aromatic heterocycles. The molecule has 0 radical (unpaired) electrons. The number of thiazole rings is 1. The van der Waals surface area contributed by atoms with Crippen LogP contribution in [0.25, 0.3) is 22.3 Å². The van der Waals surface area contributed by atoms with Gasteiger partial charge in [0.1, 0.15) is 33.8 Å². The second-order valence-electron chi connectivity index (χ2n) is 9.00. The highest BCUT2D eigenvalue weighted by atomic mass is 32.1. The van der Waals surface area contributed by atoms with Gasteiger partial charge in [-0.05, 0) is 57.2 Å². The van der Waals surface area contributed by atoms with Crippen LogP contribution >= 0.6 is 11.3 Å². The first-order valence-electron chi connectivity index (χ1n) is 11.4. The van der Waals surface area contributed by atoms with Crippen molar-refractivity contribution in [2.24, 2.45) is 7.05 Å². The first-order valence-corrected chi connectivity index (χ1v) is 12.3. The third kappa shape index (κ3) is 4.04. The van der Waals surface area contributed by atoms with E-state index in [2.05, 4.69) is 34.7 Å². The van der Waals surface area contributed by atoms with Crippen LogP contribution < -0.4 is 15.4 Å². The number of fused-ring (bicyclic) bond motifs is 1. The fourth-order valence-electron chi connectivity index (χ4n) is 4.74. The van der Waals surface area contributed by atoms with E-state index in [1.54, 1.807) is 53.3 Å². The second kappa shape index (κ2) is 8.78. The maximum atomic E-state index is 13.5. The Hall–Kier alpha value is -3.77. The molecule has 1 aliphatic rings. The van der Waals surface area contributed by atoms with Crippen LogP contribution in [0.3, 0.4) is 0 Å². The largest absolute Gasteiger partial charge is 0.363 e. The maximum Gasteiger partial charge on any atom is 0.252 e. The number of halogens is 1. The van der Waals surface area contributed by atoms with Crippen LogP contribution in [0.2, 0.25) is 0 Å². The van der Waals surface area contributed by atoms with Gasteiger partial charge in [-0.25, -0.2) is 14.4 Å². The molecule has 7 nitrogen and oxygen atoms in total. The highest BCUT2D eigenvalue weighted by Gasteiger charge is 2.33. The smallest absolute Gasteiger partial charge is 0.252 e. The number of hydrogen-bond acceptors (Lipinski definition) is 7. The van der Waals surface area contributed by atoms with Crippen molar-refractivity contribution in [3.8, 4) is 17.3 Å². The summed E-state index contributed by atoms with van der Waals surface area (Å²) in [6.45, 7) is 7.64. The van der Waals surface area contributed by atoms with Gasteiger partial charge in [0.25, 0.3) is 5.56 Å². The minimum absolute atomic E-state index is 0.0671. The van der Waals surface area contributed by atoms with E-state index < -0.39 is 0 Å².